The number of anilines is 1. The van der Waals surface area contributed by atoms with Gasteiger partial charge in [-0.05, 0) is 48.7 Å². The Bertz CT molecular complexity index is 1260. The third-order valence-corrected chi connectivity index (χ3v) is 8.74. The van der Waals surface area contributed by atoms with Gasteiger partial charge in [-0.25, -0.2) is 0 Å². The summed E-state index contributed by atoms with van der Waals surface area (Å²) in [6, 6.07) is 28.9. The Labute approximate surface area is 174 Å². The molecule has 0 aliphatic carbocycles. The highest BCUT2D eigenvalue weighted by molar-refractivity contribution is 7.69. The Hall–Kier alpha value is -2.74. The van der Waals surface area contributed by atoms with Crippen molar-refractivity contribution in [1.82, 2.24) is 0 Å². The summed E-state index contributed by atoms with van der Waals surface area (Å²) in [5.41, 5.74) is 1.72. The molecule has 0 unspecified atom stereocenters. The maximum Gasteiger partial charge on any atom is 0.306 e. The molecule has 144 valence electrons. The fourth-order valence-electron chi connectivity index (χ4n) is 3.99. The lowest BCUT2D eigenvalue weighted by Gasteiger charge is -2.32. The monoisotopic (exact) mass is 419 g/mol. The Morgan fingerprint density at radius 3 is 2.31 bits per heavy atom. The molecular formula is C24H19ClNO2P. The summed E-state index contributed by atoms with van der Waals surface area (Å²) >= 11 is 6.05. The largest absolute Gasteiger partial charge is 0.437 e. The summed E-state index contributed by atoms with van der Waals surface area (Å²) in [5.74, 6) is 0.680. The van der Waals surface area contributed by atoms with Crippen LogP contribution in [0.2, 0.25) is 5.02 Å². The van der Waals surface area contributed by atoms with Gasteiger partial charge in [-0.3, -0.25) is 4.57 Å². The third kappa shape index (κ3) is 2.77. The second-order valence-electron chi connectivity index (χ2n) is 7.35. The zero-order chi connectivity index (χ0) is 20.1. The van der Waals surface area contributed by atoms with Crippen LogP contribution in [0, 0.1) is 0 Å². The van der Waals surface area contributed by atoms with Crippen molar-refractivity contribution < 1.29 is 9.09 Å². The number of rotatable bonds is 3. The smallest absolute Gasteiger partial charge is 0.306 e. The first-order valence-electron chi connectivity index (χ1n) is 9.43. The van der Waals surface area contributed by atoms with E-state index in [4.69, 9.17) is 16.1 Å². The molecule has 0 fully saturated rings. The van der Waals surface area contributed by atoms with E-state index in [0.29, 0.717) is 16.1 Å². The molecule has 0 bridgehead atoms. The van der Waals surface area contributed by atoms with Crippen molar-refractivity contribution in [3.63, 3.8) is 0 Å². The molecule has 5 rings (SSSR count). The van der Waals surface area contributed by atoms with Crippen LogP contribution in [0.25, 0.3) is 10.8 Å². The number of halogens is 1. The lowest BCUT2D eigenvalue weighted by Crippen LogP contribution is -2.33. The topological polar surface area (TPSA) is 38.3 Å². The highest BCUT2D eigenvalue weighted by atomic mass is 35.5. The van der Waals surface area contributed by atoms with Crippen LogP contribution in [0.4, 0.5) is 5.69 Å². The number of hydrogen-bond donors (Lipinski definition) is 1. The molecule has 1 N–H and O–H groups in total. The van der Waals surface area contributed by atoms with Gasteiger partial charge in [-0.2, -0.15) is 0 Å². The molecule has 3 nitrogen and oxygen atoms in total. The second kappa shape index (κ2) is 6.66. The van der Waals surface area contributed by atoms with Crippen LogP contribution in [0.3, 0.4) is 0 Å². The molecule has 0 spiro atoms. The first-order chi connectivity index (χ1) is 14.0. The molecule has 0 aromatic heterocycles. The van der Waals surface area contributed by atoms with Crippen LogP contribution in [-0.2, 0) is 9.85 Å². The predicted molar refractivity (Wildman–Crippen MR) is 121 cm³/mol. The van der Waals surface area contributed by atoms with Crippen molar-refractivity contribution in [2.75, 3.05) is 5.32 Å². The van der Waals surface area contributed by atoms with E-state index < -0.39 is 12.6 Å². The van der Waals surface area contributed by atoms with E-state index in [1.807, 2.05) is 91.9 Å². The highest BCUT2D eigenvalue weighted by Gasteiger charge is 2.56. The molecule has 1 aliphatic heterocycles. The van der Waals surface area contributed by atoms with Crippen molar-refractivity contribution in [3.8, 4) is 5.75 Å². The summed E-state index contributed by atoms with van der Waals surface area (Å²) in [6.07, 6.45) is 0. The van der Waals surface area contributed by atoms with Crippen molar-refractivity contribution in [2.24, 2.45) is 0 Å². The summed E-state index contributed by atoms with van der Waals surface area (Å²) in [6.45, 7) is 1.95. The SMILES string of the molecule is C[C@@]1(Nc2ccc(Cl)cc2)c2ccc3ccccc3c2O[P@@]1(=O)c1ccccc1. The first-order valence-corrected chi connectivity index (χ1v) is 11.4. The van der Waals surface area contributed by atoms with Gasteiger partial charge >= 0.3 is 7.37 Å². The van der Waals surface area contributed by atoms with Gasteiger partial charge in [-0.15, -0.1) is 0 Å². The van der Waals surface area contributed by atoms with E-state index in [2.05, 4.69) is 11.4 Å². The number of benzene rings is 4. The molecule has 5 heteroatoms. The average Bonchev–Trinajstić information content (AvgIpc) is 2.98. The Balaban J connectivity index is 1.75. The van der Waals surface area contributed by atoms with Crippen molar-refractivity contribution >= 4 is 40.7 Å². The van der Waals surface area contributed by atoms with Crippen molar-refractivity contribution in [3.05, 3.63) is 102 Å². The van der Waals surface area contributed by atoms with E-state index in [1.54, 1.807) is 0 Å². The van der Waals surface area contributed by atoms with Gasteiger partial charge in [0.2, 0.25) is 0 Å². The molecule has 4 aromatic rings. The normalized spacial score (nSPS) is 22.8. The van der Waals surface area contributed by atoms with E-state index in [9.17, 15) is 4.57 Å². The number of hydrogen-bond acceptors (Lipinski definition) is 3. The van der Waals surface area contributed by atoms with Crippen molar-refractivity contribution in [2.45, 2.75) is 12.2 Å². The molecule has 0 radical (unpaired) electrons. The van der Waals surface area contributed by atoms with Gasteiger partial charge in [0.15, 0.2) is 5.28 Å². The molecule has 2 atom stereocenters. The van der Waals surface area contributed by atoms with Crippen LogP contribution in [-0.4, -0.2) is 0 Å². The highest BCUT2D eigenvalue weighted by Crippen LogP contribution is 2.70. The Morgan fingerprint density at radius 1 is 0.862 bits per heavy atom. The molecule has 0 saturated carbocycles. The van der Waals surface area contributed by atoms with Gasteiger partial charge in [-0.1, -0.05) is 66.2 Å². The van der Waals surface area contributed by atoms with Crippen molar-refractivity contribution in [1.29, 1.82) is 0 Å². The summed E-state index contributed by atoms with van der Waals surface area (Å²) in [7, 11) is -3.35. The van der Waals surface area contributed by atoms with Gasteiger partial charge in [0, 0.05) is 21.7 Å². The Morgan fingerprint density at radius 2 is 1.55 bits per heavy atom. The summed E-state index contributed by atoms with van der Waals surface area (Å²) in [5, 5.41) is 5.93. The minimum absolute atomic E-state index is 0.654. The molecule has 0 saturated heterocycles. The summed E-state index contributed by atoms with van der Waals surface area (Å²) in [4.78, 5) is 0. The molecule has 1 heterocycles. The number of fused-ring (bicyclic) bond motifs is 3. The quantitative estimate of drug-likeness (QED) is 0.372. The zero-order valence-corrected chi connectivity index (χ0v) is 17.5. The zero-order valence-electron chi connectivity index (χ0n) is 15.8. The third-order valence-electron chi connectivity index (χ3n) is 5.54. The standard InChI is InChI=1S/C24H19ClNO2P/c1-24(26-19-14-12-18(25)13-15-19)22-16-11-17-7-5-6-10-21(17)23(22)28-29(24,27)20-8-3-2-4-9-20/h2-16,26H,1H3/t24-,29-/m0/s1. The maximum absolute atomic E-state index is 14.5. The van der Waals surface area contributed by atoms with E-state index in [-0.39, 0.29) is 0 Å². The number of nitrogens with one attached hydrogen (secondary N) is 1. The summed E-state index contributed by atoms with van der Waals surface area (Å²) < 4.78 is 20.9. The fraction of sp³-hybridized carbons (Fsp3) is 0.0833. The van der Waals surface area contributed by atoms with Gasteiger partial charge in [0.05, 0.1) is 5.30 Å². The molecule has 29 heavy (non-hydrogen) atoms. The van der Waals surface area contributed by atoms with Crippen LogP contribution in [0.5, 0.6) is 5.75 Å². The minimum Gasteiger partial charge on any atom is -0.437 e. The molecule has 1 aliphatic rings. The average molecular weight is 420 g/mol. The molecular weight excluding hydrogens is 401 g/mol. The first kappa shape index (κ1) is 18.3. The fourth-order valence-corrected chi connectivity index (χ4v) is 6.71. The van der Waals surface area contributed by atoms with E-state index in [0.717, 1.165) is 22.0 Å². The molecule has 0 amide bonds. The minimum atomic E-state index is -3.35. The van der Waals surface area contributed by atoms with E-state index >= 15 is 0 Å². The van der Waals surface area contributed by atoms with Gasteiger partial charge < -0.3 is 9.84 Å². The van der Waals surface area contributed by atoms with Crippen LogP contribution < -0.4 is 15.1 Å². The predicted octanol–water partition coefficient (Wildman–Crippen LogP) is 6.77. The Kier molecular flexibility index (Phi) is 4.20. The lowest BCUT2D eigenvalue weighted by atomic mass is 10.0. The van der Waals surface area contributed by atoms with E-state index in [1.165, 1.54) is 0 Å². The van der Waals surface area contributed by atoms with Crippen LogP contribution >= 0.6 is 19.0 Å². The second-order valence-corrected chi connectivity index (χ2v) is 10.5. The van der Waals surface area contributed by atoms with Gasteiger partial charge in [0.1, 0.15) is 5.75 Å². The van der Waals surface area contributed by atoms with Crippen LogP contribution in [0.15, 0.2) is 91.0 Å². The van der Waals surface area contributed by atoms with Gasteiger partial charge in [0.25, 0.3) is 0 Å². The maximum atomic E-state index is 14.5. The van der Waals surface area contributed by atoms with Crippen LogP contribution in [0.1, 0.15) is 12.5 Å². The molecule has 4 aromatic carbocycles. The lowest BCUT2D eigenvalue weighted by molar-refractivity contribution is 0.490.